The second-order valence-corrected chi connectivity index (χ2v) is 6.28. The van der Waals surface area contributed by atoms with Gasteiger partial charge >= 0.3 is 0 Å². The summed E-state index contributed by atoms with van der Waals surface area (Å²) in [5.41, 5.74) is 4.24. The van der Waals surface area contributed by atoms with E-state index >= 15 is 0 Å². The molecule has 2 saturated heterocycles. The smallest absolute Gasteiger partial charge is 0.0606 e. The number of benzene rings is 1. The van der Waals surface area contributed by atoms with E-state index in [1.54, 1.807) is 0 Å². The summed E-state index contributed by atoms with van der Waals surface area (Å²) in [6.45, 7) is 6.95. The van der Waals surface area contributed by atoms with Crippen molar-refractivity contribution in [2.45, 2.75) is 38.6 Å². The van der Waals surface area contributed by atoms with Crippen LogP contribution >= 0.6 is 0 Å². The molecule has 0 bridgehead atoms. The van der Waals surface area contributed by atoms with E-state index in [0.717, 1.165) is 13.1 Å². The Bertz CT molecular complexity index is 446. The molecule has 3 nitrogen and oxygen atoms in total. The largest absolute Gasteiger partial charge is 0.370 e. The van der Waals surface area contributed by atoms with Gasteiger partial charge < -0.3 is 15.1 Å². The van der Waals surface area contributed by atoms with Gasteiger partial charge in [-0.05, 0) is 63.4 Å². The molecule has 1 aromatic rings. The number of rotatable bonds is 3. The van der Waals surface area contributed by atoms with Crippen LogP contribution in [0.15, 0.2) is 18.2 Å². The van der Waals surface area contributed by atoms with Crippen molar-refractivity contribution in [1.82, 2.24) is 5.32 Å². The Hall–Kier alpha value is -1.22. The van der Waals surface area contributed by atoms with Crippen LogP contribution in [0.4, 0.5) is 11.4 Å². The molecule has 0 spiro atoms. The Morgan fingerprint density at radius 2 is 1.85 bits per heavy atom. The van der Waals surface area contributed by atoms with E-state index in [9.17, 15) is 0 Å². The van der Waals surface area contributed by atoms with Gasteiger partial charge in [0, 0.05) is 26.2 Å². The maximum absolute atomic E-state index is 3.46. The molecular weight excluding hydrogens is 246 g/mol. The number of hydrogen-bond acceptors (Lipinski definition) is 3. The monoisotopic (exact) mass is 273 g/mol. The maximum Gasteiger partial charge on any atom is 0.0606 e. The van der Waals surface area contributed by atoms with Crippen LogP contribution in [-0.4, -0.2) is 39.3 Å². The molecule has 0 atom stereocenters. The first kappa shape index (κ1) is 13.7. The number of nitrogens with zero attached hydrogens (tertiary/aromatic N) is 2. The topological polar surface area (TPSA) is 18.5 Å². The molecule has 2 heterocycles. The van der Waals surface area contributed by atoms with Crippen LogP contribution in [0.2, 0.25) is 0 Å². The van der Waals surface area contributed by atoms with Gasteiger partial charge in [-0.2, -0.15) is 0 Å². The van der Waals surface area contributed by atoms with E-state index in [2.05, 4.69) is 47.3 Å². The average molecular weight is 273 g/mol. The van der Waals surface area contributed by atoms with Gasteiger partial charge in [0.05, 0.1) is 11.4 Å². The third kappa shape index (κ3) is 2.78. The fourth-order valence-corrected chi connectivity index (χ4v) is 3.53. The van der Waals surface area contributed by atoms with E-state index < -0.39 is 0 Å². The summed E-state index contributed by atoms with van der Waals surface area (Å²) in [6.07, 6.45) is 5.18. The minimum Gasteiger partial charge on any atom is -0.370 e. The standard InChI is InChI=1S/C17H27N3/c1-14-5-6-16(17(13-14)20-11-3-4-12-20)19(2)15-7-9-18-10-8-15/h5-6,13,15,18H,3-4,7-12H2,1-2H3. The summed E-state index contributed by atoms with van der Waals surface area (Å²) >= 11 is 0. The molecule has 0 aliphatic carbocycles. The van der Waals surface area contributed by atoms with Gasteiger partial charge in [-0.1, -0.05) is 6.07 Å². The second-order valence-electron chi connectivity index (χ2n) is 6.28. The van der Waals surface area contributed by atoms with Crippen molar-refractivity contribution >= 4 is 11.4 Å². The molecule has 2 fully saturated rings. The summed E-state index contributed by atoms with van der Waals surface area (Å²) in [7, 11) is 2.28. The third-order valence-electron chi connectivity index (χ3n) is 4.81. The Morgan fingerprint density at radius 3 is 2.55 bits per heavy atom. The molecule has 0 unspecified atom stereocenters. The summed E-state index contributed by atoms with van der Waals surface area (Å²) in [5, 5.41) is 3.46. The first-order chi connectivity index (χ1) is 9.75. The molecule has 3 rings (SSSR count). The minimum absolute atomic E-state index is 0.681. The molecule has 0 radical (unpaired) electrons. The van der Waals surface area contributed by atoms with Gasteiger partial charge in [-0.25, -0.2) is 0 Å². The first-order valence-corrected chi connectivity index (χ1v) is 8.05. The maximum atomic E-state index is 3.46. The van der Waals surface area contributed by atoms with E-state index in [1.807, 2.05) is 0 Å². The number of nitrogens with one attached hydrogen (secondary N) is 1. The van der Waals surface area contributed by atoms with E-state index in [1.165, 1.54) is 55.7 Å². The van der Waals surface area contributed by atoms with Crippen molar-refractivity contribution in [1.29, 1.82) is 0 Å². The highest BCUT2D eigenvalue weighted by atomic mass is 15.2. The van der Waals surface area contributed by atoms with Crippen molar-refractivity contribution in [3.8, 4) is 0 Å². The Balaban J connectivity index is 1.86. The van der Waals surface area contributed by atoms with Gasteiger partial charge in [-0.15, -0.1) is 0 Å². The highest BCUT2D eigenvalue weighted by molar-refractivity contribution is 5.72. The first-order valence-electron chi connectivity index (χ1n) is 8.05. The van der Waals surface area contributed by atoms with Crippen molar-refractivity contribution < 1.29 is 0 Å². The summed E-state index contributed by atoms with van der Waals surface area (Å²) in [5.74, 6) is 0. The predicted octanol–water partition coefficient (Wildman–Crippen LogP) is 2.78. The van der Waals surface area contributed by atoms with Crippen LogP contribution < -0.4 is 15.1 Å². The fraction of sp³-hybridized carbons (Fsp3) is 0.647. The normalized spacial score (nSPS) is 20.4. The highest BCUT2D eigenvalue weighted by Gasteiger charge is 2.23. The molecule has 2 aliphatic heterocycles. The molecule has 0 aromatic heterocycles. The van der Waals surface area contributed by atoms with Crippen LogP contribution in [0.25, 0.3) is 0 Å². The van der Waals surface area contributed by atoms with Crippen molar-refractivity contribution in [2.24, 2.45) is 0 Å². The lowest BCUT2D eigenvalue weighted by molar-refractivity contribution is 0.443. The summed E-state index contributed by atoms with van der Waals surface area (Å²) in [6, 6.07) is 7.63. The van der Waals surface area contributed by atoms with Crippen LogP contribution in [-0.2, 0) is 0 Å². The SMILES string of the molecule is Cc1ccc(N(C)C2CCNCC2)c(N2CCCC2)c1. The van der Waals surface area contributed by atoms with Crippen LogP contribution in [0.3, 0.4) is 0 Å². The Morgan fingerprint density at radius 1 is 1.15 bits per heavy atom. The molecule has 1 N–H and O–H groups in total. The zero-order chi connectivity index (χ0) is 13.9. The van der Waals surface area contributed by atoms with E-state index in [4.69, 9.17) is 0 Å². The summed E-state index contributed by atoms with van der Waals surface area (Å²) < 4.78 is 0. The van der Waals surface area contributed by atoms with Crippen LogP contribution in [0.5, 0.6) is 0 Å². The molecule has 3 heteroatoms. The lowest BCUT2D eigenvalue weighted by Gasteiger charge is -2.36. The second kappa shape index (κ2) is 6.04. The predicted molar refractivity (Wildman–Crippen MR) is 86.9 cm³/mol. The molecule has 0 amide bonds. The molecule has 2 aliphatic rings. The van der Waals surface area contributed by atoms with Gasteiger partial charge in [-0.3, -0.25) is 0 Å². The third-order valence-corrected chi connectivity index (χ3v) is 4.81. The minimum atomic E-state index is 0.681. The zero-order valence-electron chi connectivity index (χ0n) is 12.9. The van der Waals surface area contributed by atoms with E-state index in [-0.39, 0.29) is 0 Å². The number of hydrogen-bond donors (Lipinski definition) is 1. The quantitative estimate of drug-likeness (QED) is 0.913. The molecule has 1 aromatic carbocycles. The van der Waals surface area contributed by atoms with Crippen LogP contribution in [0.1, 0.15) is 31.2 Å². The van der Waals surface area contributed by atoms with Crippen molar-refractivity contribution in [2.75, 3.05) is 43.0 Å². The Labute approximate surface area is 123 Å². The Kier molecular flexibility index (Phi) is 4.16. The van der Waals surface area contributed by atoms with Crippen LogP contribution in [0, 0.1) is 6.92 Å². The van der Waals surface area contributed by atoms with Gasteiger partial charge in [0.2, 0.25) is 0 Å². The molecular formula is C17H27N3. The number of aryl methyl sites for hydroxylation is 1. The highest BCUT2D eigenvalue weighted by Crippen LogP contribution is 2.34. The number of piperidine rings is 1. The van der Waals surface area contributed by atoms with Crippen molar-refractivity contribution in [3.05, 3.63) is 23.8 Å². The van der Waals surface area contributed by atoms with Gasteiger partial charge in [0.25, 0.3) is 0 Å². The molecule has 110 valence electrons. The zero-order valence-corrected chi connectivity index (χ0v) is 12.9. The summed E-state index contributed by atoms with van der Waals surface area (Å²) in [4.78, 5) is 5.09. The average Bonchev–Trinajstić information content (AvgIpc) is 3.01. The van der Waals surface area contributed by atoms with Gasteiger partial charge in [0.1, 0.15) is 0 Å². The van der Waals surface area contributed by atoms with E-state index in [0.29, 0.717) is 6.04 Å². The molecule has 20 heavy (non-hydrogen) atoms. The fourth-order valence-electron chi connectivity index (χ4n) is 3.53. The lowest BCUT2D eigenvalue weighted by Crippen LogP contribution is -2.41. The molecule has 0 saturated carbocycles. The number of anilines is 2. The lowest BCUT2D eigenvalue weighted by atomic mass is 10.0. The van der Waals surface area contributed by atoms with Crippen molar-refractivity contribution in [3.63, 3.8) is 0 Å². The van der Waals surface area contributed by atoms with Gasteiger partial charge in [0.15, 0.2) is 0 Å².